The van der Waals surface area contributed by atoms with Gasteiger partial charge in [-0.2, -0.15) is 5.10 Å². The second-order valence-electron chi connectivity index (χ2n) is 10.1. The molecule has 1 unspecified atom stereocenters. The van der Waals surface area contributed by atoms with Gasteiger partial charge in [0.15, 0.2) is 4.77 Å². The molecular formula is C25H35N5OS. The first-order chi connectivity index (χ1) is 15.6. The van der Waals surface area contributed by atoms with Crippen LogP contribution in [0.4, 0.5) is 0 Å². The molecule has 1 saturated carbocycles. The Balaban J connectivity index is 1.22. The van der Waals surface area contributed by atoms with Crippen LogP contribution in [0.3, 0.4) is 0 Å². The SMILES string of the molecule is CC1CCCN(C(=O)C2CCN(Cn3nc(C4CC4)n(Cc4ccccc4)c3=S)CC2)C1. The molecule has 6 nitrogen and oxygen atoms in total. The van der Waals surface area contributed by atoms with E-state index >= 15 is 0 Å². The molecule has 3 fully saturated rings. The van der Waals surface area contributed by atoms with Crippen molar-refractivity contribution in [1.82, 2.24) is 24.1 Å². The van der Waals surface area contributed by atoms with Crippen LogP contribution < -0.4 is 0 Å². The minimum atomic E-state index is 0.183. The van der Waals surface area contributed by atoms with Gasteiger partial charge in [-0.15, -0.1) is 0 Å². The fraction of sp³-hybridized carbons (Fsp3) is 0.640. The molecule has 2 aliphatic heterocycles. The summed E-state index contributed by atoms with van der Waals surface area (Å²) >= 11 is 5.86. The maximum Gasteiger partial charge on any atom is 0.225 e. The number of carbonyl (C=O) groups excluding carboxylic acids is 1. The summed E-state index contributed by atoms with van der Waals surface area (Å²) in [6.45, 7) is 7.53. The van der Waals surface area contributed by atoms with E-state index in [1.807, 2.05) is 10.7 Å². The van der Waals surface area contributed by atoms with E-state index in [0.29, 0.717) is 17.7 Å². The highest BCUT2D eigenvalue weighted by Crippen LogP contribution is 2.39. The molecule has 0 N–H and O–H groups in total. The normalized spacial score (nSPS) is 22.9. The third-order valence-corrected chi connectivity index (χ3v) is 7.75. The van der Waals surface area contributed by atoms with Gasteiger partial charge < -0.3 is 4.90 Å². The van der Waals surface area contributed by atoms with Gasteiger partial charge >= 0.3 is 0 Å². The van der Waals surface area contributed by atoms with E-state index in [2.05, 4.69) is 45.6 Å². The minimum absolute atomic E-state index is 0.183. The van der Waals surface area contributed by atoms with E-state index in [-0.39, 0.29) is 5.92 Å². The Bertz CT molecular complexity index is 988. The van der Waals surface area contributed by atoms with E-state index in [4.69, 9.17) is 17.3 Å². The molecule has 7 heteroatoms. The molecule has 5 rings (SSSR count). The highest BCUT2D eigenvalue weighted by molar-refractivity contribution is 7.71. The van der Waals surface area contributed by atoms with E-state index in [1.165, 1.54) is 24.8 Å². The minimum Gasteiger partial charge on any atom is -0.342 e. The van der Waals surface area contributed by atoms with E-state index in [1.54, 1.807) is 0 Å². The third kappa shape index (κ3) is 4.84. The predicted octanol–water partition coefficient (Wildman–Crippen LogP) is 4.27. The average Bonchev–Trinajstić information content (AvgIpc) is 3.62. The number of nitrogens with zero attached hydrogens (tertiary/aromatic N) is 5. The van der Waals surface area contributed by atoms with E-state index in [9.17, 15) is 4.79 Å². The fourth-order valence-electron chi connectivity index (χ4n) is 5.27. The number of benzene rings is 1. The van der Waals surface area contributed by atoms with Gasteiger partial charge in [-0.3, -0.25) is 14.3 Å². The fourth-order valence-corrected chi connectivity index (χ4v) is 5.52. The highest BCUT2D eigenvalue weighted by Gasteiger charge is 2.32. The lowest BCUT2D eigenvalue weighted by Crippen LogP contribution is -2.46. The van der Waals surface area contributed by atoms with Crippen molar-refractivity contribution in [3.8, 4) is 0 Å². The second kappa shape index (κ2) is 9.48. The zero-order chi connectivity index (χ0) is 22.1. The van der Waals surface area contributed by atoms with Gasteiger partial charge in [0, 0.05) is 38.0 Å². The summed E-state index contributed by atoms with van der Waals surface area (Å²) in [7, 11) is 0. The standard InChI is InChI=1S/C25H35N5OS/c1-19-6-5-13-28(16-19)24(31)22-11-14-27(15-12-22)18-30-25(32)29(23(26-30)21-9-10-21)17-20-7-3-2-4-8-20/h2-4,7-8,19,21-22H,5-6,9-18H2,1H3. The number of piperidine rings is 2. The Morgan fingerprint density at radius 2 is 1.81 bits per heavy atom. The van der Waals surface area contributed by atoms with Gasteiger partial charge in [0.2, 0.25) is 5.91 Å². The molecule has 3 aliphatic rings. The van der Waals surface area contributed by atoms with Crippen molar-refractivity contribution in [2.24, 2.45) is 11.8 Å². The van der Waals surface area contributed by atoms with Crippen LogP contribution in [-0.4, -0.2) is 56.2 Å². The van der Waals surface area contributed by atoms with Gasteiger partial charge in [-0.25, -0.2) is 4.68 Å². The summed E-state index contributed by atoms with van der Waals surface area (Å²) in [6, 6.07) is 10.5. The van der Waals surface area contributed by atoms with Gasteiger partial charge in [0.25, 0.3) is 0 Å². The number of amides is 1. The van der Waals surface area contributed by atoms with Crippen molar-refractivity contribution < 1.29 is 4.79 Å². The van der Waals surface area contributed by atoms with Crippen LogP contribution in [0.5, 0.6) is 0 Å². The topological polar surface area (TPSA) is 46.3 Å². The molecule has 3 heterocycles. The summed E-state index contributed by atoms with van der Waals surface area (Å²) in [5, 5.41) is 4.96. The number of carbonyl (C=O) groups is 1. The Labute approximate surface area is 196 Å². The zero-order valence-electron chi connectivity index (χ0n) is 19.2. The van der Waals surface area contributed by atoms with E-state index in [0.717, 1.165) is 69.3 Å². The van der Waals surface area contributed by atoms with Crippen LogP contribution in [-0.2, 0) is 18.0 Å². The highest BCUT2D eigenvalue weighted by atomic mass is 32.1. The molecule has 1 aliphatic carbocycles. The lowest BCUT2D eigenvalue weighted by Gasteiger charge is -2.37. The molecule has 1 aromatic heterocycles. The van der Waals surface area contributed by atoms with E-state index < -0.39 is 0 Å². The second-order valence-corrected chi connectivity index (χ2v) is 10.4. The summed E-state index contributed by atoms with van der Waals surface area (Å²) in [4.78, 5) is 17.5. The molecule has 1 atom stereocenters. The van der Waals surface area contributed by atoms with Crippen molar-refractivity contribution in [2.75, 3.05) is 26.2 Å². The quantitative estimate of drug-likeness (QED) is 0.613. The first-order valence-corrected chi connectivity index (χ1v) is 12.7. The summed E-state index contributed by atoms with van der Waals surface area (Å²) in [5.41, 5.74) is 1.26. The first kappa shape index (κ1) is 21.8. The van der Waals surface area contributed by atoms with Crippen molar-refractivity contribution in [3.05, 3.63) is 46.5 Å². The molecule has 1 aromatic carbocycles. The van der Waals surface area contributed by atoms with Crippen LogP contribution in [0.25, 0.3) is 0 Å². The van der Waals surface area contributed by atoms with Crippen LogP contribution in [0.15, 0.2) is 30.3 Å². The van der Waals surface area contributed by atoms with Gasteiger partial charge in [-0.05, 0) is 62.2 Å². The molecule has 0 radical (unpaired) electrons. The third-order valence-electron chi connectivity index (χ3n) is 7.32. The maximum absolute atomic E-state index is 13.0. The molecular weight excluding hydrogens is 418 g/mol. The van der Waals surface area contributed by atoms with Crippen LogP contribution in [0.1, 0.15) is 62.8 Å². The largest absolute Gasteiger partial charge is 0.342 e. The molecule has 2 aromatic rings. The van der Waals surface area contributed by atoms with Crippen LogP contribution >= 0.6 is 12.2 Å². The molecule has 0 spiro atoms. The van der Waals surface area contributed by atoms with Crippen molar-refractivity contribution in [1.29, 1.82) is 0 Å². The Kier molecular flexibility index (Phi) is 6.47. The first-order valence-electron chi connectivity index (χ1n) is 12.3. The molecule has 0 bridgehead atoms. The Morgan fingerprint density at radius 3 is 2.50 bits per heavy atom. The number of hydrogen-bond donors (Lipinski definition) is 0. The summed E-state index contributed by atoms with van der Waals surface area (Å²) < 4.78 is 5.06. The summed E-state index contributed by atoms with van der Waals surface area (Å²) in [5.74, 6) is 2.90. The number of likely N-dealkylation sites (tertiary alicyclic amines) is 2. The number of rotatable bonds is 6. The average molecular weight is 454 g/mol. The summed E-state index contributed by atoms with van der Waals surface area (Å²) in [6.07, 6.45) is 6.71. The lowest BCUT2D eigenvalue weighted by atomic mass is 9.93. The maximum atomic E-state index is 13.0. The molecule has 2 saturated heterocycles. The zero-order valence-corrected chi connectivity index (χ0v) is 20.0. The van der Waals surface area contributed by atoms with Crippen LogP contribution in [0.2, 0.25) is 0 Å². The van der Waals surface area contributed by atoms with Crippen LogP contribution in [0, 0.1) is 16.6 Å². The Morgan fingerprint density at radius 1 is 1.06 bits per heavy atom. The van der Waals surface area contributed by atoms with Crippen molar-refractivity contribution >= 4 is 18.1 Å². The number of aromatic nitrogens is 3. The van der Waals surface area contributed by atoms with Gasteiger partial charge in [0.05, 0.1) is 13.2 Å². The Hall–Kier alpha value is -1.99. The molecule has 172 valence electrons. The number of hydrogen-bond acceptors (Lipinski definition) is 4. The molecule has 32 heavy (non-hydrogen) atoms. The smallest absolute Gasteiger partial charge is 0.225 e. The molecule has 1 amide bonds. The lowest BCUT2D eigenvalue weighted by molar-refractivity contribution is -0.139. The van der Waals surface area contributed by atoms with Crippen molar-refractivity contribution in [2.45, 2.75) is 64.6 Å². The monoisotopic (exact) mass is 453 g/mol. The van der Waals surface area contributed by atoms with Gasteiger partial charge in [0.1, 0.15) is 5.82 Å². The van der Waals surface area contributed by atoms with Gasteiger partial charge in [-0.1, -0.05) is 37.3 Å². The van der Waals surface area contributed by atoms with Crippen molar-refractivity contribution in [3.63, 3.8) is 0 Å². The predicted molar refractivity (Wildman–Crippen MR) is 128 cm³/mol.